The van der Waals surface area contributed by atoms with Crippen molar-refractivity contribution >= 4 is 0 Å². The van der Waals surface area contributed by atoms with Crippen LogP contribution in [0.25, 0.3) is 0 Å². The predicted molar refractivity (Wildman–Crippen MR) is 36.3 cm³/mol. The average molecular weight is 124 g/mol. The van der Waals surface area contributed by atoms with Crippen LogP contribution in [0.5, 0.6) is 0 Å². The molecule has 2 aliphatic rings. The second-order valence-electron chi connectivity index (χ2n) is 3.18. The van der Waals surface area contributed by atoms with E-state index in [1.54, 1.807) is 11.1 Å². The van der Waals surface area contributed by atoms with Crippen molar-refractivity contribution in [1.29, 1.82) is 0 Å². The van der Waals surface area contributed by atoms with Crippen molar-refractivity contribution in [3.05, 3.63) is 11.1 Å². The molecule has 9 heavy (non-hydrogen) atoms. The SMILES string of the molecule is CC1=C(C)CC2OC2C1. The number of rotatable bonds is 0. The number of hydrogen-bond acceptors (Lipinski definition) is 1. The lowest BCUT2D eigenvalue weighted by Crippen LogP contribution is -2.03. The molecule has 0 bridgehead atoms. The third-order valence-electron chi connectivity index (χ3n) is 2.43. The Bertz CT molecular complexity index is 151. The standard InChI is InChI=1S/C8H12O/c1-5-3-7-8(9-7)4-6(5)2/h7-8H,3-4H2,1-2H3. The fourth-order valence-electron chi connectivity index (χ4n) is 1.49. The van der Waals surface area contributed by atoms with Gasteiger partial charge >= 0.3 is 0 Å². The van der Waals surface area contributed by atoms with Gasteiger partial charge in [0.25, 0.3) is 0 Å². The molecule has 0 saturated carbocycles. The maximum absolute atomic E-state index is 5.38. The molecule has 50 valence electrons. The highest BCUT2D eigenvalue weighted by Gasteiger charge is 2.41. The van der Waals surface area contributed by atoms with E-state index in [9.17, 15) is 0 Å². The van der Waals surface area contributed by atoms with Gasteiger partial charge in [-0.25, -0.2) is 0 Å². The molecule has 2 atom stereocenters. The lowest BCUT2D eigenvalue weighted by Gasteiger charge is -2.08. The molecule has 0 aromatic heterocycles. The maximum Gasteiger partial charge on any atom is 0.0882 e. The van der Waals surface area contributed by atoms with Gasteiger partial charge in [-0.1, -0.05) is 11.1 Å². The molecule has 1 aliphatic heterocycles. The molecule has 0 aromatic rings. The first-order valence-electron chi connectivity index (χ1n) is 3.58. The monoisotopic (exact) mass is 124 g/mol. The fraction of sp³-hybridized carbons (Fsp3) is 0.750. The molecule has 1 nitrogen and oxygen atoms in total. The van der Waals surface area contributed by atoms with Gasteiger partial charge in [0.05, 0.1) is 12.2 Å². The van der Waals surface area contributed by atoms with Gasteiger partial charge < -0.3 is 4.74 Å². The van der Waals surface area contributed by atoms with Crippen LogP contribution in [0, 0.1) is 0 Å². The van der Waals surface area contributed by atoms with E-state index in [1.807, 2.05) is 0 Å². The van der Waals surface area contributed by atoms with Crippen LogP contribution in [-0.4, -0.2) is 12.2 Å². The molecule has 2 rings (SSSR count). The van der Waals surface area contributed by atoms with E-state index in [0.29, 0.717) is 12.2 Å². The first kappa shape index (κ1) is 5.48. The van der Waals surface area contributed by atoms with Gasteiger partial charge in [0, 0.05) is 0 Å². The molecule has 1 heterocycles. The van der Waals surface area contributed by atoms with Gasteiger partial charge in [-0.15, -0.1) is 0 Å². The molecule has 1 heteroatoms. The summed E-state index contributed by atoms with van der Waals surface area (Å²) < 4.78 is 5.38. The minimum atomic E-state index is 0.605. The highest BCUT2D eigenvalue weighted by atomic mass is 16.6. The van der Waals surface area contributed by atoms with Crippen molar-refractivity contribution in [2.45, 2.75) is 38.9 Å². The Morgan fingerprint density at radius 3 is 2.00 bits per heavy atom. The molecule has 0 radical (unpaired) electrons. The normalized spacial score (nSPS) is 40.7. The van der Waals surface area contributed by atoms with Gasteiger partial charge in [-0.05, 0) is 26.7 Å². The van der Waals surface area contributed by atoms with Crippen LogP contribution in [0.3, 0.4) is 0 Å². The molecule has 0 amide bonds. The molecule has 1 fully saturated rings. The summed E-state index contributed by atoms with van der Waals surface area (Å²) in [5, 5.41) is 0. The zero-order valence-corrected chi connectivity index (χ0v) is 5.98. The smallest absolute Gasteiger partial charge is 0.0882 e. The van der Waals surface area contributed by atoms with Crippen molar-refractivity contribution in [1.82, 2.24) is 0 Å². The van der Waals surface area contributed by atoms with E-state index >= 15 is 0 Å². The Hall–Kier alpha value is -0.300. The summed E-state index contributed by atoms with van der Waals surface area (Å²) in [5.74, 6) is 0. The van der Waals surface area contributed by atoms with Crippen LogP contribution in [0.4, 0.5) is 0 Å². The largest absolute Gasteiger partial charge is 0.369 e. The summed E-state index contributed by atoms with van der Waals surface area (Å²) in [7, 11) is 0. The Balaban J connectivity index is 2.17. The highest BCUT2D eigenvalue weighted by Crippen LogP contribution is 2.38. The van der Waals surface area contributed by atoms with Crippen molar-refractivity contribution in [3.63, 3.8) is 0 Å². The lowest BCUT2D eigenvalue weighted by molar-refractivity contribution is 0.374. The summed E-state index contributed by atoms with van der Waals surface area (Å²) in [6, 6.07) is 0. The van der Waals surface area contributed by atoms with Gasteiger partial charge in [0.2, 0.25) is 0 Å². The van der Waals surface area contributed by atoms with Crippen LogP contribution in [0.1, 0.15) is 26.7 Å². The van der Waals surface area contributed by atoms with Gasteiger partial charge in [-0.2, -0.15) is 0 Å². The third kappa shape index (κ3) is 0.799. The van der Waals surface area contributed by atoms with Crippen molar-refractivity contribution in [2.75, 3.05) is 0 Å². The molecule has 1 saturated heterocycles. The Kier molecular flexibility index (Phi) is 0.974. The molecule has 1 aliphatic carbocycles. The lowest BCUT2D eigenvalue weighted by atomic mass is 9.94. The summed E-state index contributed by atoms with van der Waals surface area (Å²) >= 11 is 0. The van der Waals surface area contributed by atoms with Gasteiger partial charge in [0.1, 0.15) is 0 Å². The van der Waals surface area contributed by atoms with Crippen LogP contribution in [-0.2, 0) is 4.74 Å². The van der Waals surface area contributed by atoms with Crippen LogP contribution < -0.4 is 0 Å². The zero-order valence-electron chi connectivity index (χ0n) is 5.98. The molecule has 0 spiro atoms. The fourth-order valence-corrected chi connectivity index (χ4v) is 1.49. The maximum atomic E-state index is 5.38. The summed E-state index contributed by atoms with van der Waals surface area (Å²) in [4.78, 5) is 0. The first-order chi connectivity index (χ1) is 4.27. The predicted octanol–water partition coefficient (Wildman–Crippen LogP) is 1.88. The number of hydrogen-bond donors (Lipinski definition) is 0. The third-order valence-corrected chi connectivity index (χ3v) is 2.43. The number of epoxide rings is 1. The minimum Gasteiger partial charge on any atom is -0.369 e. The second-order valence-corrected chi connectivity index (χ2v) is 3.18. The molecule has 2 unspecified atom stereocenters. The average Bonchev–Trinajstić information content (AvgIpc) is 2.46. The van der Waals surface area contributed by atoms with Gasteiger partial charge in [0.15, 0.2) is 0 Å². The minimum absolute atomic E-state index is 0.605. The Morgan fingerprint density at radius 1 is 1.11 bits per heavy atom. The molecule has 0 N–H and O–H groups in total. The van der Waals surface area contributed by atoms with Crippen LogP contribution >= 0.6 is 0 Å². The zero-order chi connectivity index (χ0) is 6.43. The molecular formula is C8H12O. The summed E-state index contributed by atoms with van der Waals surface area (Å²) in [5.41, 5.74) is 3.10. The Morgan fingerprint density at radius 2 is 1.56 bits per heavy atom. The van der Waals surface area contributed by atoms with E-state index in [-0.39, 0.29) is 0 Å². The van der Waals surface area contributed by atoms with Gasteiger partial charge in [-0.3, -0.25) is 0 Å². The summed E-state index contributed by atoms with van der Waals surface area (Å²) in [6.07, 6.45) is 3.59. The number of fused-ring (bicyclic) bond motifs is 1. The first-order valence-corrected chi connectivity index (χ1v) is 3.58. The van der Waals surface area contributed by atoms with Crippen LogP contribution in [0.2, 0.25) is 0 Å². The topological polar surface area (TPSA) is 12.5 Å². The van der Waals surface area contributed by atoms with E-state index < -0.39 is 0 Å². The molecule has 0 aromatic carbocycles. The summed E-state index contributed by atoms with van der Waals surface area (Å²) in [6.45, 7) is 4.43. The molecular weight excluding hydrogens is 112 g/mol. The van der Waals surface area contributed by atoms with Crippen molar-refractivity contribution in [3.8, 4) is 0 Å². The van der Waals surface area contributed by atoms with Crippen molar-refractivity contribution in [2.24, 2.45) is 0 Å². The van der Waals surface area contributed by atoms with E-state index in [1.165, 1.54) is 12.8 Å². The van der Waals surface area contributed by atoms with E-state index in [4.69, 9.17) is 4.74 Å². The van der Waals surface area contributed by atoms with Crippen LogP contribution in [0.15, 0.2) is 11.1 Å². The number of ether oxygens (including phenoxy) is 1. The highest BCUT2D eigenvalue weighted by molar-refractivity contribution is 5.20. The Labute approximate surface area is 55.7 Å². The quantitative estimate of drug-likeness (QED) is 0.355. The van der Waals surface area contributed by atoms with Crippen molar-refractivity contribution < 1.29 is 4.74 Å². The van der Waals surface area contributed by atoms with E-state index in [2.05, 4.69) is 13.8 Å². The second kappa shape index (κ2) is 1.60. The van der Waals surface area contributed by atoms with E-state index in [0.717, 1.165) is 0 Å².